The smallest absolute Gasteiger partial charge is 0.232 e. The van der Waals surface area contributed by atoms with Crippen LogP contribution in [0.3, 0.4) is 0 Å². The molecule has 0 aliphatic carbocycles. The highest BCUT2D eigenvalue weighted by molar-refractivity contribution is 7.92. The van der Waals surface area contributed by atoms with Crippen molar-refractivity contribution in [3.8, 4) is 0 Å². The van der Waals surface area contributed by atoms with E-state index in [-0.39, 0.29) is 30.6 Å². The van der Waals surface area contributed by atoms with E-state index in [2.05, 4.69) is 5.32 Å². The van der Waals surface area contributed by atoms with E-state index in [1.807, 2.05) is 0 Å². The van der Waals surface area contributed by atoms with Crippen molar-refractivity contribution >= 4 is 21.6 Å². The van der Waals surface area contributed by atoms with Crippen molar-refractivity contribution < 1.29 is 22.0 Å². The van der Waals surface area contributed by atoms with Crippen LogP contribution in [-0.2, 0) is 14.8 Å². The lowest BCUT2D eigenvalue weighted by Gasteiger charge is -2.23. The number of nitrogens with zero attached hydrogens (tertiary/aromatic N) is 1. The standard InChI is InChI=1S/C13H18F2N2O3S/c1-9(2)13(18)16-6-7-17(21(3,19)20)10-4-5-11(14)12(15)8-10/h4-5,8-9H,6-7H2,1-3H3,(H,16,18). The summed E-state index contributed by atoms with van der Waals surface area (Å²) in [6.07, 6.45) is 0.957. The summed E-state index contributed by atoms with van der Waals surface area (Å²) in [5.41, 5.74) is 0.00944. The Bertz CT molecular complexity index is 618. The fourth-order valence-electron chi connectivity index (χ4n) is 1.61. The maximum absolute atomic E-state index is 13.2. The SMILES string of the molecule is CC(C)C(=O)NCCN(c1ccc(F)c(F)c1)S(C)(=O)=O. The lowest BCUT2D eigenvalue weighted by Crippen LogP contribution is -2.39. The van der Waals surface area contributed by atoms with Crippen LogP contribution < -0.4 is 9.62 Å². The molecule has 0 aliphatic rings. The second-order valence-corrected chi connectivity index (χ2v) is 6.79. The summed E-state index contributed by atoms with van der Waals surface area (Å²) >= 11 is 0. The molecule has 0 fully saturated rings. The number of halogens is 2. The minimum atomic E-state index is -3.67. The minimum Gasteiger partial charge on any atom is -0.354 e. The third-order valence-corrected chi connectivity index (χ3v) is 3.92. The Labute approximate surface area is 123 Å². The van der Waals surface area contributed by atoms with Crippen LogP contribution >= 0.6 is 0 Å². The molecule has 5 nitrogen and oxygen atoms in total. The highest BCUT2D eigenvalue weighted by Crippen LogP contribution is 2.20. The zero-order valence-corrected chi connectivity index (χ0v) is 12.9. The summed E-state index contributed by atoms with van der Waals surface area (Å²) in [6.45, 7) is 3.42. The maximum Gasteiger partial charge on any atom is 0.232 e. The van der Waals surface area contributed by atoms with Gasteiger partial charge < -0.3 is 5.32 Å². The Morgan fingerprint density at radius 2 is 1.90 bits per heavy atom. The molecule has 0 saturated heterocycles. The minimum absolute atomic E-state index is 0.00944. The van der Waals surface area contributed by atoms with Crippen LogP contribution in [0.1, 0.15) is 13.8 Å². The first-order chi connectivity index (χ1) is 9.62. The van der Waals surface area contributed by atoms with Crippen LogP contribution in [0.4, 0.5) is 14.5 Å². The van der Waals surface area contributed by atoms with Gasteiger partial charge in [-0.15, -0.1) is 0 Å². The number of hydrogen-bond donors (Lipinski definition) is 1. The molecule has 1 aromatic rings. The number of anilines is 1. The Morgan fingerprint density at radius 1 is 1.29 bits per heavy atom. The molecule has 0 aromatic heterocycles. The molecule has 1 rings (SSSR count). The largest absolute Gasteiger partial charge is 0.354 e. The maximum atomic E-state index is 13.2. The third kappa shape index (κ3) is 4.96. The molecule has 0 unspecified atom stereocenters. The average molecular weight is 320 g/mol. The van der Waals surface area contributed by atoms with Crippen LogP contribution in [0.25, 0.3) is 0 Å². The topological polar surface area (TPSA) is 66.5 Å². The van der Waals surface area contributed by atoms with Gasteiger partial charge in [-0.3, -0.25) is 9.10 Å². The summed E-state index contributed by atoms with van der Waals surface area (Å²) in [6, 6.07) is 2.83. The van der Waals surface area contributed by atoms with E-state index in [4.69, 9.17) is 0 Å². The molecule has 0 spiro atoms. The second kappa shape index (κ2) is 6.84. The van der Waals surface area contributed by atoms with E-state index in [0.717, 1.165) is 22.7 Å². The van der Waals surface area contributed by atoms with Crippen molar-refractivity contribution in [3.05, 3.63) is 29.8 Å². The molecule has 8 heteroatoms. The van der Waals surface area contributed by atoms with Gasteiger partial charge in [-0.1, -0.05) is 13.8 Å². The third-order valence-electron chi connectivity index (χ3n) is 2.73. The molecule has 0 bridgehead atoms. The summed E-state index contributed by atoms with van der Waals surface area (Å²) in [4.78, 5) is 11.4. The number of nitrogens with one attached hydrogen (secondary N) is 1. The molecule has 1 amide bonds. The monoisotopic (exact) mass is 320 g/mol. The highest BCUT2D eigenvalue weighted by Gasteiger charge is 2.19. The Kier molecular flexibility index (Phi) is 5.65. The van der Waals surface area contributed by atoms with Gasteiger partial charge in [0.25, 0.3) is 0 Å². The van der Waals surface area contributed by atoms with Gasteiger partial charge in [0.05, 0.1) is 18.5 Å². The van der Waals surface area contributed by atoms with Gasteiger partial charge in [0.1, 0.15) is 0 Å². The fourth-order valence-corrected chi connectivity index (χ4v) is 2.53. The van der Waals surface area contributed by atoms with E-state index in [1.54, 1.807) is 13.8 Å². The van der Waals surface area contributed by atoms with Crippen LogP contribution in [0.2, 0.25) is 0 Å². The van der Waals surface area contributed by atoms with Crippen LogP contribution in [0, 0.1) is 17.6 Å². The van der Waals surface area contributed by atoms with Gasteiger partial charge in [-0.05, 0) is 12.1 Å². The molecule has 1 N–H and O–H groups in total. The number of sulfonamides is 1. The Hall–Kier alpha value is -1.70. The van der Waals surface area contributed by atoms with Crippen molar-refractivity contribution in [2.24, 2.45) is 5.92 Å². The number of rotatable bonds is 6. The predicted molar refractivity (Wildman–Crippen MR) is 76.4 cm³/mol. The molecule has 0 heterocycles. The van der Waals surface area contributed by atoms with Crippen molar-refractivity contribution in [1.29, 1.82) is 0 Å². The second-order valence-electron chi connectivity index (χ2n) is 4.88. The zero-order chi connectivity index (χ0) is 16.2. The first-order valence-corrected chi connectivity index (χ1v) is 8.18. The molecule has 0 atom stereocenters. The fraction of sp³-hybridized carbons (Fsp3) is 0.462. The molecular weight excluding hydrogens is 302 g/mol. The van der Waals surface area contributed by atoms with Crippen molar-refractivity contribution in [3.63, 3.8) is 0 Å². The van der Waals surface area contributed by atoms with Crippen molar-refractivity contribution in [2.75, 3.05) is 23.7 Å². The van der Waals surface area contributed by atoms with Crippen LogP contribution in [-0.4, -0.2) is 33.7 Å². The van der Waals surface area contributed by atoms with Gasteiger partial charge in [-0.2, -0.15) is 0 Å². The van der Waals surface area contributed by atoms with Crippen LogP contribution in [0.5, 0.6) is 0 Å². The van der Waals surface area contributed by atoms with Crippen molar-refractivity contribution in [1.82, 2.24) is 5.32 Å². The first kappa shape index (κ1) is 17.4. The number of carbonyl (C=O) groups excluding carboxylic acids is 1. The number of hydrogen-bond acceptors (Lipinski definition) is 3. The van der Waals surface area contributed by atoms with E-state index in [0.29, 0.717) is 0 Å². The van der Waals surface area contributed by atoms with Gasteiger partial charge in [-0.25, -0.2) is 17.2 Å². The molecule has 1 aromatic carbocycles. The molecule has 21 heavy (non-hydrogen) atoms. The van der Waals surface area contributed by atoms with E-state index in [1.165, 1.54) is 6.07 Å². The Balaban J connectivity index is 2.87. The Morgan fingerprint density at radius 3 is 2.38 bits per heavy atom. The van der Waals surface area contributed by atoms with E-state index in [9.17, 15) is 22.0 Å². The quantitative estimate of drug-likeness (QED) is 0.864. The summed E-state index contributed by atoms with van der Waals surface area (Å²) in [7, 11) is -3.67. The summed E-state index contributed by atoms with van der Waals surface area (Å²) < 4.78 is 50.5. The number of benzene rings is 1. The average Bonchev–Trinajstić information content (AvgIpc) is 2.36. The summed E-state index contributed by atoms with van der Waals surface area (Å²) in [5.74, 6) is -2.62. The molecular formula is C13H18F2N2O3S. The van der Waals surface area contributed by atoms with E-state index < -0.39 is 21.7 Å². The van der Waals surface area contributed by atoms with E-state index >= 15 is 0 Å². The van der Waals surface area contributed by atoms with Gasteiger partial charge in [0, 0.05) is 18.5 Å². The highest BCUT2D eigenvalue weighted by atomic mass is 32.2. The normalized spacial score (nSPS) is 11.5. The lowest BCUT2D eigenvalue weighted by atomic mass is 10.2. The molecule has 0 saturated carbocycles. The molecule has 118 valence electrons. The lowest BCUT2D eigenvalue weighted by molar-refractivity contribution is -0.123. The van der Waals surface area contributed by atoms with Gasteiger partial charge in [0.2, 0.25) is 15.9 Å². The first-order valence-electron chi connectivity index (χ1n) is 6.33. The van der Waals surface area contributed by atoms with Crippen molar-refractivity contribution in [2.45, 2.75) is 13.8 Å². The van der Waals surface area contributed by atoms with Crippen LogP contribution in [0.15, 0.2) is 18.2 Å². The number of carbonyl (C=O) groups is 1. The van der Waals surface area contributed by atoms with Gasteiger partial charge in [0.15, 0.2) is 11.6 Å². The van der Waals surface area contributed by atoms with Gasteiger partial charge >= 0.3 is 0 Å². The molecule has 0 radical (unpaired) electrons. The number of amides is 1. The summed E-state index contributed by atoms with van der Waals surface area (Å²) in [5, 5.41) is 2.57. The zero-order valence-electron chi connectivity index (χ0n) is 12.1. The predicted octanol–water partition coefficient (Wildman–Crippen LogP) is 1.50. The molecule has 0 aliphatic heterocycles.